The summed E-state index contributed by atoms with van der Waals surface area (Å²) < 4.78 is 10.7. The van der Waals surface area contributed by atoms with Crippen molar-refractivity contribution in [3.05, 3.63) is 79.1 Å². The fourth-order valence-electron chi connectivity index (χ4n) is 2.70. The molecular weight excluding hydrogens is 375 g/mol. The van der Waals surface area contributed by atoms with Gasteiger partial charge in [0.15, 0.2) is 0 Å². The lowest BCUT2D eigenvalue weighted by Crippen LogP contribution is -2.10. The summed E-state index contributed by atoms with van der Waals surface area (Å²) in [6.45, 7) is 3.79. The minimum atomic E-state index is -0.481. The van der Waals surface area contributed by atoms with Crippen molar-refractivity contribution in [2.75, 3.05) is 0 Å². The first-order chi connectivity index (χ1) is 12.4. The molecule has 0 unspecified atom stereocenters. The molecule has 3 aromatic rings. The van der Waals surface area contributed by atoms with Crippen LogP contribution in [0, 0.1) is 13.8 Å². The molecule has 0 aliphatic rings. The van der Waals surface area contributed by atoms with Crippen LogP contribution in [0.5, 0.6) is 0 Å². The van der Waals surface area contributed by atoms with Crippen LogP contribution in [0.1, 0.15) is 22.3 Å². The summed E-state index contributed by atoms with van der Waals surface area (Å²) in [6.07, 6.45) is -0.0456. The summed E-state index contributed by atoms with van der Waals surface area (Å²) in [7, 11) is 0. The molecule has 0 bridgehead atoms. The lowest BCUT2D eigenvalue weighted by molar-refractivity contribution is -0.144. The maximum atomic E-state index is 12.2. The van der Waals surface area contributed by atoms with Crippen molar-refractivity contribution in [3.63, 3.8) is 0 Å². The molecule has 1 aromatic heterocycles. The molecule has 6 heteroatoms. The highest BCUT2D eigenvalue weighted by molar-refractivity contribution is 6.36. The van der Waals surface area contributed by atoms with E-state index in [0.717, 1.165) is 16.5 Å². The molecule has 2 aromatic carbocycles. The van der Waals surface area contributed by atoms with Gasteiger partial charge in [-0.25, -0.2) is 4.79 Å². The van der Waals surface area contributed by atoms with Crippen LogP contribution in [0.3, 0.4) is 0 Å². The highest BCUT2D eigenvalue weighted by Crippen LogP contribution is 2.26. The second-order valence-electron chi connectivity index (χ2n) is 6.01. The van der Waals surface area contributed by atoms with Crippen molar-refractivity contribution in [1.29, 1.82) is 0 Å². The average molecular weight is 391 g/mol. The summed E-state index contributed by atoms with van der Waals surface area (Å²) in [4.78, 5) is 24.0. The Morgan fingerprint density at radius 1 is 1.12 bits per heavy atom. The zero-order valence-electron chi connectivity index (χ0n) is 14.3. The fourth-order valence-corrected chi connectivity index (χ4v) is 3.23. The summed E-state index contributed by atoms with van der Waals surface area (Å²) in [5.41, 5.74) is 3.05. The SMILES string of the molecule is Cc1ccc2c(COC(=O)Cc3c(Cl)cccc3Cl)cc(=O)oc2c1C. The van der Waals surface area contributed by atoms with Crippen LogP contribution in [0.15, 0.2) is 45.6 Å². The number of rotatable bonds is 4. The normalized spacial score (nSPS) is 10.9. The van der Waals surface area contributed by atoms with Crippen LogP contribution >= 0.6 is 23.2 Å². The molecular formula is C20H16Cl2O4. The van der Waals surface area contributed by atoms with Gasteiger partial charge in [0.2, 0.25) is 0 Å². The van der Waals surface area contributed by atoms with E-state index in [4.69, 9.17) is 32.4 Å². The zero-order chi connectivity index (χ0) is 18.8. The number of carbonyl (C=O) groups is 1. The number of aryl methyl sites for hydroxylation is 2. The van der Waals surface area contributed by atoms with E-state index < -0.39 is 11.6 Å². The smallest absolute Gasteiger partial charge is 0.336 e. The topological polar surface area (TPSA) is 56.5 Å². The molecule has 0 fully saturated rings. The molecule has 4 nitrogen and oxygen atoms in total. The van der Waals surface area contributed by atoms with Crippen molar-refractivity contribution in [1.82, 2.24) is 0 Å². The van der Waals surface area contributed by atoms with Gasteiger partial charge < -0.3 is 9.15 Å². The van der Waals surface area contributed by atoms with Gasteiger partial charge in [-0.05, 0) is 37.1 Å². The third kappa shape index (κ3) is 3.76. The standard InChI is InChI=1S/C20H16Cl2O4/c1-11-6-7-14-13(8-19(24)26-20(14)12(11)2)10-25-18(23)9-15-16(21)4-3-5-17(15)22/h3-8H,9-10H2,1-2H3. The molecule has 0 spiro atoms. The number of halogens is 2. The Bertz CT molecular complexity index is 1030. The fraction of sp³-hybridized carbons (Fsp3) is 0.200. The van der Waals surface area contributed by atoms with Crippen molar-refractivity contribution in [2.45, 2.75) is 26.9 Å². The van der Waals surface area contributed by atoms with Gasteiger partial charge in [-0.1, -0.05) is 41.4 Å². The monoisotopic (exact) mass is 390 g/mol. The zero-order valence-corrected chi connectivity index (χ0v) is 15.8. The van der Waals surface area contributed by atoms with E-state index in [1.54, 1.807) is 18.2 Å². The van der Waals surface area contributed by atoms with Crippen LogP contribution in [-0.4, -0.2) is 5.97 Å². The number of hydrogen-bond acceptors (Lipinski definition) is 4. The van der Waals surface area contributed by atoms with Crippen molar-refractivity contribution in [2.24, 2.45) is 0 Å². The Labute approximate surface area is 160 Å². The first kappa shape index (κ1) is 18.5. The van der Waals surface area contributed by atoms with E-state index in [2.05, 4.69) is 0 Å². The quantitative estimate of drug-likeness (QED) is 0.464. The lowest BCUT2D eigenvalue weighted by atomic mass is 10.0. The number of carbonyl (C=O) groups excluding carboxylic acids is 1. The Morgan fingerprint density at radius 2 is 1.81 bits per heavy atom. The second kappa shape index (κ2) is 7.52. The molecule has 0 saturated heterocycles. The molecule has 0 N–H and O–H groups in total. The molecule has 3 rings (SSSR count). The molecule has 0 saturated carbocycles. The Kier molecular flexibility index (Phi) is 5.35. The van der Waals surface area contributed by atoms with Gasteiger partial charge in [0.05, 0.1) is 6.42 Å². The van der Waals surface area contributed by atoms with Gasteiger partial charge in [-0.3, -0.25) is 4.79 Å². The first-order valence-electron chi connectivity index (χ1n) is 7.98. The lowest BCUT2D eigenvalue weighted by Gasteiger charge is -2.10. The van der Waals surface area contributed by atoms with Gasteiger partial charge in [0.1, 0.15) is 12.2 Å². The predicted octanol–water partition coefficient (Wildman–Crippen LogP) is 5.00. The predicted molar refractivity (Wildman–Crippen MR) is 102 cm³/mol. The summed E-state index contributed by atoms with van der Waals surface area (Å²) in [5, 5.41) is 1.56. The van der Waals surface area contributed by atoms with Crippen LogP contribution in [0.2, 0.25) is 10.0 Å². The van der Waals surface area contributed by atoms with E-state index in [-0.39, 0.29) is 13.0 Å². The number of esters is 1. The third-order valence-corrected chi connectivity index (χ3v) is 5.00. The highest BCUT2D eigenvalue weighted by Gasteiger charge is 2.14. The summed E-state index contributed by atoms with van der Waals surface area (Å²) in [6, 6.07) is 10.2. The summed E-state index contributed by atoms with van der Waals surface area (Å²) >= 11 is 12.2. The maximum Gasteiger partial charge on any atom is 0.336 e. The van der Waals surface area contributed by atoms with E-state index in [0.29, 0.717) is 26.8 Å². The van der Waals surface area contributed by atoms with Crippen molar-refractivity contribution in [3.8, 4) is 0 Å². The van der Waals surface area contributed by atoms with Gasteiger partial charge in [-0.2, -0.15) is 0 Å². The molecule has 26 heavy (non-hydrogen) atoms. The first-order valence-corrected chi connectivity index (χ1v) is 8.74. The number of ether oxygens (including phenoxy) is 1. The van der Waals surface area contributed by atoms with E-state index in [1.807, 2.05) is 26.0 Å². The molecule has 0 aliphatic heterocycles. The van der Waals surface area contributed by atoms with Crippen LogP contribution in [0.4, 0.5) is 0 Å². The molecule has 0 aliphatic carbocycles. The van der Waals surface area contributed by atoms with Crippen molar-refractivity contribution >= 4 is 40.1 Å². The van der Waals surface area contributed by atoms with Crippen LogP contribution < -0.4 is 5.63 Å². The molecule has 0 atom stereocenters. The van der Waals surface area contributed by atoms with Crippen LogP contribution in [-0.2, 0) is 22.6 Å². The Morgan fingerprint density at radius 3 is 2.50 bits per heavy atom. The number of hydrogen-bond donors (Lipinski definition) is 0. The minimum Gasteiger partial charge on any atom is -0.461 e. The maximum absolute atomic E-state index is 12.2. The summed E-state index contributed by atoms with van der Waals surface area (Å²) in [5.74, 6) is -0.481. The number of benzene rings is 2. The Hall–Kier alpha value is -2.30. The van der Waals surface area contributed by atoms with Crippen molar-refractivity contribution < 1.29 is 13.9 Å². The highest BCUT2D eigenvalue weighted by atomic mass is 35.5. The Balaban J connectivity index is 1.83. The van der Waals surface area contributed by atoms with Gasteiger partial charge in [0, 0.05) is 32.6 Å². The molecule has 1 heterocycles. The molecule has 0 amide bonds. The molecule has 134 valence electrons. The minimum absolute atomic E-state index is 0.0362. The van der Waals surface area contributed by atoms with Crippen LogP contribution in [0.25, 0.3) is 11.0 Å². The third-order valence-electron chi connectivity index (χ3n) is 4.29. The van der Waals surface area contributed by atoms with Gasteiger partial charge >= 0.3 is 11.6 Å². The number of fused-ring (bicyclic) bond motifs is 1. The van der Waals surface area contributed by atoms with E-state index in [1.165, 1.54) is 6.07 Å². The van der Waals surface area contributed by atoms with Gasteiger partial charge in [-0.15, -0.1) is 0 Å². The van der Waals surface area contributed by atoms with E-state index in [9.17, 15) is 9.59 Å². The largest absolute Gasteiger partial charge is 0.461 e. The van der Waals surface area contributed by atoms with E-state index >= 15 is 0 Å². The molecule has 0 radical (unpaired) electrons. The average Bonchev–Trinajstić information content (AvgIpc) is 2.60. The second-order valence-corrected chi connectivity index (χ2v) is 6.83. The van der Waals surface area contributed by atoms with Gasteiger partial charge in [0.25, 0.3) is 0 Å².